The summed E-state index contributed by atoms with van der Waals surface area (Å²) in [5.41, 5.74) is 0.469. The maximum Gasteiger partial charge on any atom is 0.312 e. The second kappa shape index (κ2) is 5.66. The van der Waals surface area contributed by atoms with Crippen LogP contribution in [0.15, 0.2) is 24.3 Å². The van der Waals surface area contributed by atoms with Crippen LogP contribution in [-0.2, 0) is 9.59 Å². The van der Waals surface area contributed by atoms with E-state index in [1.807, 2.05) is 0 Å². The molecule has 19 heavy (non-hydrogen) atoms. The smallest absolute Gasteiger partial charge is 0.312 e. The van der Waals surface area contributed by atoms with Gasteiger partial charge in [0.05, 0.1) is 6.42 Å². The number of hydrogen-bond acceptors (Lipinski definition) is 6. The number of carbonyl (C=O) groups excluding carboxylic acids is 4. The van der Waals surface area contributed by atoms with E-state index in [0.29, 0.717) is 11.8 Å². The molecule has 98 valence electrons. The molecule has 1 atom stereocenters. The van der Waals surface area contributed by atoms with Gasteiger partial charge in [0, 0.05) is 5.56 Å². The van der Waals surface area contributed by atoms with Gasteiger partial charge in [-0.05, 0) is 24.3 Å². The number of aldehydes is 1. The molecule has 0 saturated carbocycles. The number of benzene rings is 1. The first-order valence-corrected chi connectivity index (χ1v) is 6.24. The summed E-state index contributed by atoms with van der Waals surface area (Å²) in [7, 11) is 0. The van der Waals surface area contributed by atoms with Gasteiger partial charge in [0.2, 0.25) is 5.91 Å². The van der Waals surface area contributed by atoms with Crippen LogP contribution in [0.2, 0.25) is 0 Å². The molecule has 0 spiro atoms. The largest absolute Gasteiger partial charge is 0.426 e. The Hall–Kier alpha value is -2.15. The molecule has 0 radical (unpaired) electrons. The third-order valence-corrected chi connectivity index (χ3v) is 3.35. The van der Waals surface area contributed by atoms with Gasteiger partial charge < -0.3 is 4.74 Å². The number of esters is 1. The first-order valence-electron chi connectivity index (χ1n) is 5.36. The number of amides is 2. The molecule has 6 nitrogen and oxygen atoms in total. The van der Waals surface area contributed by atoms with Crippen molar-refractivity contribution >= 4 is 35.2 Å². The summed E-state index contributed by atoms with van der Waals surface area (Å²) in [5.74, 6) is -0.810. The summed E-state index contributed by atoms with van der Waals surface area (Å²) in [5, 5.41) is 0.888. The molecule has 1 aromatic rings. The Bertz CT molecular complexity index is 540. The zero-order chi connectivity index (χ0) is 13.8. The Morgan fingerprint density at radius 1 is 1.32 bits per heavy atom. The highest BCUT2D eigenvalue weighted by atomic mass is 32.2. The molecule has 1 aromatic carbocycles. The average molecular weight is 279 g/mol. The lowest BCUT2D eigenvalue weighted by molar-refractivity contribution is -0.135. The molecule has 0 aliphatic carbocycles. The minimum absolute atomic E-state index is 0.183. The molecule has 1 N–H and O–H groups in total. The fraction of sp³-hybridized carbons (Fsp3) is 0.167. The number of carbonyl (C=O) groups is 4. The monoisotopic (exact) mass is 279 g/mol. The van der Waals surface area contributed by atoms with Crippen molar-refractivity contribution in [1.82, 2.24) is 5.32 Å². The normalized spacial score (nSPS) is 18.0. The molecule has 0 bridgehead atoms. The summed E-state index contributed by atoms with van der Waals surface area (Å²) < 4.78 is 5.00. The molecule has 7 heteroatoms. The van der Waals surface area contributed by atoms with Crippen molar-refractivity contribution in [2.75, 3.05) is 0 Å². The van der Waals surface area contributed by atoms with Crippen LogP contribution in [0.1, 0.15) is 16.8 Å². The van der Waals surface area contributed by atoms with Crippen molar-refractivity contribution in [3.63, 3.8) is 0 Å². The van der Waals surface area contributed by atoms with Gasteiger partial charge in [-0.25, -0.2) is 0 Å². The number of thioether (sulfide) groups is 1. The number of imide groups is 1. The Kier molecular flexibility index (Phi) is 3.96. The van der Waals surface area contributed by atoms with Gasteiger partial charge >= 0.3 is 5.97 Å². The van der Waals surface area contributed by atoms with Gasteiger partial charge in [-0.15, -0.1) is 0 Å². The molecule has 2 amide bonds. The molecular weight excluding hydrogens is 270 g/mol. The lowest BCUT2D eigenvalue weighted by Gasteiger charge is -2.06. The molecule has 1 fully saturated rings. The van der Waals surface area contributed by atoms with E-state index in [0.717, 1.165) is 11.8 Å². The maximum atomic E-state index is 11.6. The summed E-state index contributed by atoms with van der Waals surface area (Å²) in [4.78, 5) is 44.2. The quantitative estimate of drug-likeness (QED) is 0.505. The SMILES string of the molecule is O=Cc1ccc(OC(=O)C[C@H]2SC(=O)NC2=O)cc1. The summed E-state index contributed by atoms with van der Waals surface area (Å²) in [6.45, 7) is 0. The van der Waals surface area contributed by atoms with Gasteiger partial charge in [0.15, 0.2) is 0 Å². The van der Waals surface area contributed by atoms with Gasteiger partial charge in [0.1, 0.15) is 17.3 Å². The first kappa shape index (κ1) is 13.3. The second-order valence-corrected chi connectivity index (χ2v) is 4.92. The zero-order valence-corrected chi connectivity index (χ0v) is 10.4. The minimum Gasteiger partial charge on any atom is -0.426 e. The maximum absolute atomic E-state index is 11.6. The minimum atomic E-state index is -0.741. The van der Waals surface area contributed by atoms with Crippen LogP contribution in [0.25, 0.3) is 0 Å². The van der Waals surface area contributed by atoms with E-state index in [1.165, 1.54) is 24.3 Å². The Morgan fingerprint density at radius 3 is 2.53 bits per heavy atom. The fourth-order valence-electron chi connectivity index (χ4n) is 1.47. The van der Waals surface area contributed by atoms with Crippen molar-refractivity contribution in [2.45, 2.75) is 11.7 Å². The van der Waals surface area contributed by atoms with E-state index < -0.39 is 22.4 Å². The summed E-state index contributed by atoms with van der Waals surface area (Å²) >= 11 is 0.772. The van der Waals surface area contributed by atoms with Crippen LogP contribution in [-0.4, -0.2) is 28.7 Å². The van der Waals surface area contributed by atoms with Crippen molar-refractivity contribution < 1.29 is 23.9 Å². The molecule has 0 unspecified atom stereocenters. The third-order valence-electron chi connectivity index (χ3n) is 2.37. The van der Waals surface area contributed by atoms with Gasteiger partial charge in [0.25, 0.3) is 5.24 Å². The van der Waals surface area contributed by atoms with E-state index in [9.17, 15) is 19.2 Å². The van der Waals surface area contributed by atoms with Crippen LogP contribution >= 0.6 is 11.8 Å². The van der Waals surface area contributed by atoms with Gasteiger partial charge in [-0.1, -0.05) is 11.8 Å². The Labute approximate surface area is 112 Å². The first-order chi connectivity index (χ1) is 9.08. The van der Waals surface area contributed by atoms with Crippen LogP contribution in [0, 0.1) is 0 Å². The topological polar surface area (TPSA) is 89.5 Å². The molecule has 1 aliphatic heterocycles. The number of ether oxygens (including phenoxy) is 1. The highest BCUT2D eigenvalue weighted by molar-refractivity contribution is 8.15. The molecule has 1 saturated heterocycles. The van der Waals surface area contributed by atoms with Crippen molar-refractivity contribution in [2.24, 2.45) is 0 Å². The van der Waals surface area contributed by atoms with Gasteiger partial charge in [-0.2, -0.15) is 0 Å². The highest BCUT2D eigenvalue weighted by Gasteiger charge is 2.33. The number of hydrogen-bond donors (Lipinski definition) is 1. The number of nitrogens with one attached hydrogen (secondary N) is 1. The molecule has 2 rings (SSSR count). The van der Waals surface area contributed by atoms with Crippen molar-refractivity contribution in [1.29, 1.82) is 0 Å². The Balaban J connectivity index is 1.92. The van der Waals surface area contributed by atoms with Crippen LogP contribution < -0.4 is 10.1 Å². The second-order valence-electron chi connectivity index (χ2n) is 3.75. The van der Waals surface area contributed by atoms with Crippen molar-refractivity contribution in [3.05, 3.63) is 29.8 Å². The zero-order valence-electron chi connectivity index (χ0n) is 9.62. The molecule has 1 aliphatic rings. The summed E-state index contributed by atoms with van der Waals surface area (Å²) in [6.07, 6.45) is 0.494. The van der Waals surface area contributed by atoms with Gasteiger partial charge in [-0.3, -0.25) is 24.5 Å². The van der Waals surface area contributed by atoms with Crippen LogP contribution in [0.5, 0.6) is 5.75 Å². The van der Waals surface area contributed by atoms with E-state index in [4.69, 9.17) is 4.74 Å². The predicted molar refractivity (Wildman–Crippen MR) is 67.0 cm³/mol. The van der Waals surface area contributed by atoms with Crippen LogP contribution in [0.4, 0.5) is 4.79 Å². The molecule has 0 aromatic heterocycles. The van der Waals surface area contributed by atoms with Crippen LogP contribution in [0.3, 0.4) is 0 Å². The highest BCUT2D eigenvalue weighted by Crippen LogP contribution is 2.22. The predicted octanol–water partition coefficient (Wildman–Crippen LogP) is 1.15. The fourth-order valence-corrected chi connectivity index (χ4v) is 2.27. The van der Waals surface area contributed by atoms with E-state index in [1.54, 1.807) is 0 Å². The van der Waals surface area contributed by atoms with E-state index >= 15 is 0 Å². The van der Waals surface area contributed by atoms with Crippen molar-refractivity contribution in [3.8, 4) is 5.75 Å². The third kappa shape index (κ3) is 3.41. The van der Waals surface area contributed by atoms with E-state index in [2.05, 4.69) is 5.32 Å². The number of rotatable bonds is 4. The molecular formula is C12H9NO5S. The molecule has 1 heterocycles. The van der Waals surface area contributed by atoms with E-state index in [-0.39, 0.29) is 12.2 Å². The standard InChI is InChI=1S/C12H9NO5S/c14-6-7-1-3-8(4-2-7)18-10(15)5-9-11(16)13-12(17)19-9/h1-4,6,9H,5H2,(H,13,16,17)/t9-/m1/s1. The Morgan fingerprint density at radius 2 is 2.00 bits per heavy atom. The lowest BCUT2D eigenvalue weighted by atomic mass is 10.2. The summed E-state index contributed by atoms with van der Waals surface area (Å²) in [6, 6.07) is 5.98. The lowest BCUT2D eigenvalue weighted by Crippen LogP contribution is -2.27. The average Bonchev–Trinajstić information content (AvgIpc) is 2.68.